The lowest BCUT2D eigenvalue weighted by Gasteiger charge is -2.35. The molecule has 0 amide bonds. The van der Waals surface area contributed by atoms with Crippen LogP contribution >= 0.6 is 11.3 Å². The van der Waals surface area contributed by atoms with E-state index < -0.39 is 0 Å². The summed E-state index contributed by atoms with van der Waals surface area (Å²) in [7, 11) is 0. The van der Waals surface area contributed by atoms with Crippen LogP contribution in [0.5, 0.6) is 0 Å². The maximum atomic E-state index is 13.1. The molecule has 0 saturated carbocycles. The summed E-state index contributed by atoms with van der Waals surface area (Å²) in [4.78, 5) is 18.1. The van der Waals surface area contributed by atoms with Crippen LogP contribution in [-0.2, 0) is 0 Å². The van der Waals surface area contributed by atoms with Crippen molar-refractivity contribution >= 4 is 27.2 Å². The molecule has 1 aromatic carbocycles. The van der Waals surface area contributed by atoms with Crippen LogP contribution in [0, 0.1) is 17.1 Å². The van der Waals surface area contributed by atoms with Crippen molar-refractivity contribution in [2.45, 2.75) is 0 Å². The number of hydrogen-bond donors (Lipinski definition) is 0. The summed E-state index contributed by atoms with van der Waals surface area (Å²) in [6.45, 7) is 3.00. The Morgan fingerprint density at radius 1 is 1.00 bits per heavy atom. The first-order valence-electron chi connectivity index (χ1n) is 9.04. The van der Waals surface area contributed by atoms with E-state index in [-0.39, 0.29) is 5.82 Å². The Bertz CT molecular complexity index is 1170. The highest BCUT2D eigenvalue weighted by Gasteiger charge is 2.23. The van der Waals surface area contributed by atoms with Crippen molar-refractivity contribution in [2.75, 3.05) is 36.0 Å². The summed E-state index contributed by atoms with van der Waals surface area (Å²) in [5, 5.41) is 14.8. The number of piperazine rings is 1. The summed E-state index contributed by atoms with van der Waals surface area (Å²) in [6.07, 6.45) is 5.00. The minimum atomic E-state index is -0.266. The number of anilines is 2. The van der Waals surface area contributed by atoms with Gasteiger partial charge in [0, 0.05) is 44.1 Å². The van der Waals surface area contributed by atoms with Crippen LogP contribution in [0.25, 0.3) is 16.2 Å². The fourth-order valence-electron chi connectivity index (χ4n) is 3.33. The van der Waals surface area contributed by atoms with Crippen LogP contribution in [0.3, 0.4) is 0 Å². The summed E-state index contributed by atoms with van der Waals surface area (Å²) >= 11 is 1.52. The van der Waals surface area contributed by atoms with Crippen LogP contribution < -0.4 is 9.80 Å². The van der Waals surface area contributed by atoms with Crippen molar-refractivity contribution in [1.29, 1.82) is 5.26 Å². The number of rotatable bonds is 3. The summed E-state index contributed by atoms with van der Waals surface area (Å²) in [5.74, 6) is 0.366. The zero-order chi connectivity index (χ0) is 19.8. The number of fused-ring (bicyclic) bond motifs is 1. The maximum absolute atomic E-state index is 13.1. The van der Waals surface area contributed by atoms with E-state index in [4.69, 9.17) is 0 Å². The van der Waals surface area contributed by atoms with Crippen molar-refractivity contribution in [1.82, 2.24) is 24.6 Å². The van der Waals surface area contributed by atoms with Crippen molar-refractivity contribution in [3.05, 3.63) is 54.4 Å². The van der Waals surface area contributed by atoms with E-state index in [1.165, 1.54) is 29.7 Å². The molecule has 1 saturated heterocycles. The molecular weight excluding hydrogens is 391 g/mol. The molecule has 0 N–H and O–H groups in total. The van der Waals surface area contributed by atoms with Gasteiger partial charge in [0.15, 0.2) is 11.5 Å². The minimum Gasteiger partial charge on any atom is -0.351 e. The molecule has 10 heteroatoms. The Hall–Kier alpha value is -3.58. The van der Waals surface area contributed by atoms with Gasteiger partial charge in [-0.1, -0.05) is 11.3 Å². The predicted octanol–water partition coefficient (Wildman–Crippen LogP) is 2.59. The lowest BCUT2D eigenvalue weighted by molar-refractivity contribution is 0.628. The molecule has 8 nitrogen and oxygen atoms in total. The fraction of sp³-hybridized carbons (Fsp3) is 0.211. The molecule has 1 fully saturated rings. The molecule has 0 spiro atoms. The highest BCUT2D eigenvalue weighted by atomic mass is 32.1. The number of aromatic nitrogens is 5. The second-order valence-electron chi connectivity index (χ2n) is 6.56. The zero-order valence-corrected chi connectivity index (χ0v) is 16.1. The molecular formula is C19H15FN8S. The van der Waals surface area contributed by atoms with E-state index in [1.54, 1.807) is 22.8 Å². The van der Waals surface area contributed by atoms with Crippen LogP contribution in [0.2, 0.25) is 0 Å². The van der Waals surface area contributed by atoms with Gasteiger partial charge in [-0.2, -0.15) is 5.26 Å². The Morgan fingerprint density at radius 3 is 2.45 bits per heavy atom. The monoisotopic (exact) mass is 406 g/mol. The predicted molar refractivity (Wildman–Crippen MR) is 107 cm³/mol. The average molecular weight is 406 g/mol. The molecule has 1 aliphatic rings. The highest BCUT2D eigenvalue weighted by Crippen LogP contribution is 2.28. The van der Waals surface area contributed by atoms with Crippen LogP contribution in [0.15, 0.2) is 42.9 Å². The molecule has 3 aromatic heterocycles. The van der Waals surface area contributed by atoms with Gasteiger partial charge in [0.2, 0.25) is 10.1 Å². The number of imidazole rings is 1. The highest BCUT2D eigenvalue weighted by molar-refractivity contribution is 7.20. The zero-order valence-electron chi connectivity index (χ0n) is 15.2. The molecule has 29 heavy (non-hydrogen) atoms. The van der Waals surface area contributed by atoms with E-state index in [1.807, 2.05) is 6.20 Å². The Labute approximate surface area is 169 Å². The topological polar surface area (TPSA) is 86.2 Å². The smallest absolute Gasteiger partial charge is 0.214 e. The van der Waals surface area contributed by atoms with E-state index in [0.717, 1.165) is 47.5 Å². The number of halogens is 1. The van der Waals surface area contributed by atoms with E-state index in [0.29, 0.717) is 11.5 Å². The number of hydrogen-bond acceptors (Lipinski definition) is 8. The van der Waals surface area contributed by atoms with Gasteiger partial charge in [-0.25, -0.2) is 23.9 Å². The summed E-state index contributed by atoms with van der Waals surface area (Å²) in [5.41, 5.74) is 1.98. The van der Waals surface area contributed by atoms with Crippen molar-refractivity contribution < 1.29 is 4.39 Å². The summed E-state index contributed by atoms with van der Waals surface area (Å²) in [6, 6.07) is 8.38. The van der Waals surface area contributed by atoms with Crippen molar-refractivity contribution in [3.63, 3.8) is 0 Å². The van der Waals surface area contributed by atoms with Crippen molar-refractivity contribution in [2.24, 2.45) is 0 Å². The van der Waals surface area contributed by atoms with Gasteiger partial charge in [-0.15, -0.1) is 5.10 Å². The summed E-state index contributed by atoms with van der Waals surface area (Å²) < 4.78 is 14.9. The first-order chi connectivity index (χ1) is 14.2. The van der Waals surface area contributed by atoms with E-state index in [2.05, 4.69) is 35.9 Å². The molecule has 0 aliphatic carbocycles. The van der Waals surface area contributed by atoms with Gasteiger partial charge in [0.25, 0.3) is 0 Å². The lowest BCUT2D eigenvalue weighted by atomic mass is 10.2. The van der Waals surface area contributed by atoms with Gasteiger partial charge in [0.1, 0.15) is 11.9 Å². The third-order valence-electron chi connectivity index (χ3n) is 4.81. The Kier molecular flexibility index (Phi) is 4.29. The van der Waals surface area contributed by atoms with Gasteiger partial charge < -0.3 is 9.80 Å². The second-order valence-corrected chi connectivity index (χ2v) is 7.49. The average Bonchev–Trinajstić information content (AvgIpc) is 3.34. The molecule has 0 radical (unpaired) electrons. The van der Waals surface area contributed by atoms with Gasteiger partial charge in [0.05, 0.1) is 11.9 Å². The molecule has 0 bridgehead atoms. The quantitative estimate of drug-likeness (QED) is 0.517. The Balaban J connectivity index is 1.31. The van der Waals surface area contributed by atoms with Gasteiger partial charge in [-0.3, -0.25) is 0 Å². The second kappa shape index (κ2) is 7.10. The van der Waals surface area contributed by atoms with E-state index in [9.17, 15) is 9.65 Å². The normalized spacial score (nSPS) is 14.3. The van der Waals surface area contributed by atoms with Crippen LogP contribution in [0.4, 0.5) is 15.3 Å². The molecule has 5 rings (SSSR count). The number of nitrogens with zero attached hydrogens (tertiary/aromatic N) is 8. The van der Waals surface area contributed by atoms with E-state index >= 15 is 0 Å². The Morgan fingerprint density at radius 2 is 1.72 bits per heavy atom. The van der Waals surface area contributed by atoms with Crippen LogP contribution in [0.1, 0.15) is 5.69 Å². The molecule has 4 heterocycles. The largest absolute Gasteiger partial charge is 0.351 e. The SMILES string of the molecule is N#Cc1nccnc1N1CCN(c2nn3cc(-c4ccc(F)cc4)nc3s2)CC1. The molecule has 0 atom stereocenters. The standard InChI is InChI=1S/C19H15FN8S/c20-14-3-1-13(2-4-14)16-12-28-18(24-16)29-19(25-28)27-9-7-26(8-10-27)17-15(11-21)22-5-6-23-17/h1-6,12H,7-10H2. The first-order valence-corrected chi connectivity index (χ1v) is 9.86. The molecule has 4 aromatic rings. The lowest BCUT2D eigenvalue weighted by Crippen LogP contribution is -2.47. The van der Waals surface area contributed by atoms with Gasteiger partial charge in [-0.05, 0) is 24.3 Å². The number of nitriles is 1. The fourth-order valence-corrected chi connectivity index (χ4v) is 4.26. The maximum Gasteiger partial charge on any atom is 0.214 e. The first kappa shape index (κ1) is 17.5. The van der Waals surface area contributed by atoms with Crippen molar-refractivity contribution in [3.8, 4) is 17.3 Å². The molecule has 144 valence electrons. The number of benzene rings is 1. The molecule has 0 unspecified atom stereocenters. The minimum absolute atomic E-state index is 0.266. The third kappa shape index (κ3) is 3.25. The molecule has 1 aliphatic heterocycles. The third-order valence-corrected chi connectivity index (χ3v) is 5.79. The van der Waals surface area contributed by atoms with Gasteiger partial charge >= 0.3 is 0 Å². The van der Waals surface area contributed by atoms with Crippen LogP contribution in [-0.4, -0.2) is 50.7 Å².